The van der Waals surface area contributed by atoms with Crippen molar-refractivity contribution in [1.82, 2.24) is 24.8 Å². The fourth-order valence-corrected chi connectivity index (χ4v) is 9.73. The predicted octanol–water partition coefficient (Wildman–Crippen LogP) is 5.09. The normalized spacial score (nSPS) is 29.7. The number of carbonyl (C=O) groups is 4. The predicted molar refractivity (Wildman–Crippen MR) is 197 cm³/mol. The third-order valence-electron chi connectivity index (χ3n) is 11.9. The molecular weight excluding hydrogens is 814 g/mol. The molecule has 3 N–H and O–H groups in total. The molecule has 3 fully saturated rings. The van der Waals surface area contributed by atoms with Crippen LogP contribution in [-0.4, -0.2) is 106 Å². The summed E-state index contributed by atoms with van der Waals surface area (Å²) in [5.74, 6) is -5.73. The number of rotatable bonds is 7. The summed E-state index contributed by atoms with van der Waals surface area (Å²) in [4.78, 5) is 61.3. The molecule has 15 nitrogen and oxygen atoms in total. The smallest absolute Gasteiger partial charge is 0.472 e. The molecule has 2 saturated carbocycles. The maximum Gasteiger partial charge on any atom is 0.586 e. The number of halogens is 5. The number of carboxylic acid groups (broad SMARTS) is 1. The lowest BCUT2D eigenvalue weighted by atomic mass is 9.85. The van der Waals surface area contributed by atoms with E-state index in [1.165, 1.54) is 31.3 Å². The van der Waals surface area contributed by atoms with Crippen molar-refractivity contribution in [2.45, 2.75) is 120 Å². The van der Waals surface area contributed by atoms with Crippen LogP contribution in [0.15, 0.2) is 36.5 Å². The Morgan fingerprint density at radius 1 is 1.07 bits per heavy atom. The average molecular weight is 858 g/mol. The maximum atomic E-state index is 15.0. The molecule has 1 saturated heterocycles. The van der Waals surface area contributed by atoms with Crippen LogP contribution < -0.4 is 24.2 Å². The summed E-state index contributed by atoms with van der Waals surface area (Å²) < 4.78 is 115. The highest BCUT2D eigenvalue weighted by molar-refractivity contribution is 7.91. The van der Waals surface area contributed by atoms with E-state index in [-0.39, 0.29) is 58.2 Å². The minimum Gasteiger partial charge on any atom is -0.472 e. The first-order chi connectivity index (χ1) is 27.5. The number of hydrogen-bond donors (Lipinski definition) is 3. The van der Waals surface area contributed by atoms with E-state index in [1.807, 2.05) is 0 Å². The van der Waals surface area contributed by atoms with E-state index in [0.717, 1.165) is 4.90 Å². The Morgan fingerprint density at radius 3 is 2.44 bits per heavy atom. The number of sulfonamides is 1. The molecule has 21 heteroatoms. The van der Waals surface area contributed by atoms with Crippen molar-refractivity contribution in [2.75, 3.05) is 6.54 Å². The molecule has 7 rings (SSSR count). The number of amides is 4. The first-order valence-electron chi connectivity index (χ1n) is 19.2. The third kappa shape index (κ3) is 7.93. The second-order valence-electron chi connectivity index (χ2n) is 16.7. The van der Waals surface area contributed by atoms with Crippen LogP contribution in [0.1, 0.15) is 72.6 Å². The highest BCUT2D eigenvalue weighted by Gasteiger charge is 2.63. The van der Waals surface area contributed by atoms with Gasteiger partial charge in [0.2, 0.25) is 27.7 Å². The second kappa shape index (κ2) is 14.6. The number of pyridine rings is 1. The van der Waals surface area contributed by atoms with Gasteiger partial charge in [-0.15, -0.1) is 8.78 Å². The molecule has 59 heavy (non-hydrogen) atoms. The van der Waals surface area contributed by atoms with Crippen LogP contribution in [0.2, 0.25) is 0 Å². The quantitative estimate of drug-likeness (QED) is 0.248. The van der Waals surface area contributed by atoms with Crippen molar-refractivity contribution >= 4 is 44.6 Å². The molecule has 7 atom stereocenters. The molecule has 0 bridgehead atoms. The van der Waals surface area contributed by atoms with Crippen LogP contribution in [0.4, 0.5) is 26.7 Å². The van der Waals surface area contributed by atoms with Gasteiger partial charge in [0.1, 0.15) is 29.3 Å². The molecule has 4 amide bonds. The summed E-state index contributed by atoms with van der Waals surface area (Å²) in [5.41, 5.74) is -4.86. The molecule has 1 aromatic heterocycles. The molecule has 322 valence electrons. The summed E-state index contributed by atoms with van der Waals surface area (Å²) >= 11 is 0. The Labute approximate surface area is 335 Å². The lowest BCUT2D eigenvalue weighted by Gasteiger charge is -2.45. The number of aromatic nitrogens is 1. The monoisotopic (exact) mass is 857 g/mol. The Kier molecular flexibility index (Phi) is 10.5. The number of ether oxygens (including phenoxy) is 3. The molecule has 0 radical (unpaired) electrons. The Balaban J connectivity index is 1.29. The summed E-state index contributed by atoms with van der Waals surface area (Å²) in [6.07, 6.45) is -6.27. The molecular formula is C38H44F5N5O10S. The van der Waals surface area contributed by atoms with Gasteiger partial charge in [-0.25, -0.2) is 18.2 Å². The van der Waals surface area contributed by atoms with Gasteiger partial charge in [-0.3, -0.25) is 24.0 Å². The minimum atomic E-state index is -5.15. The van der Waals surface area contributed by atoms with Crippen LogP contribution in [-0.2, 0) is 24.4 Å². The van der Waals surface area contributed by atoms with Gasteiger partial charge < -0.3 is 29.5 Å². The van der Waals surface area contributed by atoms with Gasteiger partial charge in [0.25, 0.3) is 5.91 Å². The van der Waals surface area contributed by atoms with Gasteiger partial charge in [0.05, 0.1) is 11.8 Å². The third-order valence-corrected chi connectivity index (χ3v) is 13.7. The Morgan fingerprint density at radius 2 is 1.78 bits per heavy atom. The molecule has 1 aromatic carbocycles. The zero-order valence-corrected chi connectivity index (χ0v) is 33.2. The topological polar surface area (TPSA) is 194 Å². The van der Waals surface area contributed by atoms with Gasteiger partial charge in [-0.1, -0.05) is 26.0 Å². The van der Waals surface area contributed by atoms with E-state index in [0.29, 0.717) is 39.5 Å². The summed E-state index contributed by atoms with van der Waals surface area (Å²) in [7, 11) is -4.07. The highest BCUT2D eigenvalue weighted by atomic mass is 32.2. The fourth-order valence-electron chi connectivity index (χ4n) is 8.37. The van der Waals surface area contributed by atoms with Crippen LogP contribution in [0.25, 0.3) is 10.8 Å². The maximum absolute atomic E-state index is 15.0. The van der Waals surface area contributed by atoms with Crippen molar-refractivity contribution in [3.05, 3.63) is 36.5 Å². The van der Waals surface area contributed by atoms with Crippen molar-refractivity contribution in [2.24, 2.45) is 17.8 Å². The Bertz CT molecular complexity index is 2200. The van der Waals surface area contributed by atoms with Crippen molar-refractivity contribution < 1.29 is 68.9 Å². The van der Waals surface area contributed by atoms with Crippen LogP contribution in [0.5, 0.6) is 17.4 Å². The molecule has 2 aliphatic carbocycles. The molecule has 0 unspecified atom stereocenters. The summed E-state index contributed by atoms with van der Waals surface area (Å²) in [5, 5.41) is 12.6. The van der Waals surface area contributed by atoms with E-state index in [1.54, 1.807) is 19.1 Å². The van der Waals surface area contributed by atoms with E-state index >= 15 is 0 Å². The van der Waals surface area contributed by atoms with Gasteiger partial charge in [0, 0.05) is 29.3 Å². The summed E-state index contributed by atoms with van der Waals surface area (Å²) in [6, 6.07) is 0.375. The van der Waals surface area contributed by atoms with Crippen LogP contribution in [0, 0.1) is 17.8 Å². The number of nitrogens with one attached hydrogen (secondary N) is 2. The Hall–Kier alpha value is -4.95. The van der Waals surface area contributed by atoms with E-state index in [2.05, 4.69) is 19.8 Å². The van der Waals surface area contributed by atoms with Crippen LogP contribution in [0.3, 0.4) is 0 Å². The number of alkyl halides is 5. The number of allylic oxidation sites excluding steroid dienone is 1. The van der Waals surface area contributed by atoms with Crippen molar-refractivity contribution in [3.63, 3.8) is 0 Å². The van der Waals surface area contributed by atoms with E-state index in [9.17, 15) is 54.7 Å². The summed E-state index contributed by atoms with van der Waals surface area (Å²) in [6.45, 7) is 4.07. The lowest BCUT2D eigenvalue weighted by Crippen LogP contribution is -2.66. The van der Waals surface area contributed by atoms with E-state index in [4.69, 9.17) is 9.47 Å². The molecule has 3 aliphatic heterocycles. The highest BCUT2D eigenvalue weighted by Crippen LogP contribution is 2.48. The molecule has 4 heterocycles. The van der Waals surface area contributed by atoms with Crippen molar-refractivity contribution in [3.8, 4) is 17.4 Å². The first-order valence-corrected chi connectivity index (χ1v) is 20.8. The van der Waals surface area contributed by atoms with Crippen LogP contribution >= 0.6 is 0 Å². The first kappa shape index (κ1) is 42.2. The average Bonchev–Trinajstić information content (AvgIpc) is 4.03. The second-order valence-corrected chi connectivity index (χ2v) is 18.6. The van der Waals surface area contributed by atoms with Gasteiger partial charge >= 0.3 is 18.6 Å². The van der Waals surface area contributed by atoms with Crippen molar-refractivity contribution in [1.29, 1.82) is 0 Å². The minimum absolute atomic E-state index is 0.00128. The molecule has 0 spiro atoms. The zero-order valence-electron chi connectivity index (χ0n) is 32.4. The number of fused-ring (bicyclic) bond motifs is 5. The zero-order chi connectivity index (χ0) is 43.0. The van der Waals surface area contributed by atoms with E-state index < -0.39 is 99.2 Å². The number of carbonyl (C=O) groups excluding carboxylic acids is 3. The lowest BCUT2D eigenvalue weighted by molar-refractivity contribution is -0.286. The SMILES string of the molecule is C[C@H]1CCC=C[C@@H]2C[C@@]2(C(=O)NS(=O)(=O)C2CC2)NC(=O)[C@@H]2C[C@@H](Oc3nccc4c5c(ccc34)OC(F)(F)O5)CN2C(=O)[C@@H](N(C(=O)O)C(C)(C)C(F)(F)F)[C@H](C)C1. The number of hydrogen-bond acceptors (Lipinski definition) is 10. The fraction of sp³-hybridized carbons (Fsp3) is 0.605. The largest absolute Gasteiger partial charge is 0.586 e. The molecule has 2 aromatic rings. The van der Waals surface area contributed by atoms with Gasteiger partial charge in [-0.2, -0.15) is 13.2 Å². The van der Waals surface area contributed by atoms with Gasteiger partial charge in [-0.05, 0) is 82.4 Å². The van der Waals surface area contributed by atoms with Gasteiger partial charge in [0.15, 0.2) is 11.5 Å². The standard InChI is InChI=1S/C38H44F5N5O10S/c1-19-7-5-6-8-21-17-36(21,33(51)46-59(54,55)23-9-10-23)45-30(49)26-16-22(56-31-25-11-12-27-29(24(25)13-14-44-31)58-38(42,43)57-27)18-47(26)32(50)28(20(2)15-19)48(34(52)53)35(3,4)37(39,40)41/h6,8,11-14,19-23,26,28H,5,7,9-10,15-18H2,1-4H3,(H,45,49)(H,46,51)(H,52,53)/t19-,20+,21+,22+,26-,28-,36+/m0/s1. The number of benzene rings is 1. The number of nitrogens with zero attached hydrogens (tertiary/aromatic N) is 3. The molecule has 5 aliphatic rings.